The number of nitrogens with zero attached hydrogens (tertiary/aromatic N) is 1. The molecule has 0 radical (unpaired) electrons. The molecule has 0 saturated heterocycles. The summed E-state index contributed by atoms with van der Waals surface area (Å²) >= 11 is 0. The van der Waals surface area contributed by atoms with Gasteiger partial charge in [-0.1, -0.05) is 84.0 Å². The van der Waals surface area contributed by atoms with Crippen molar-refractivity contribution in [1.82, 2.24) is 10.2 Å². The molecule has 1 aromatic heterocycles. The van der Waals surface area contributed by atoms with Crippen molar-refractivity contribution < 1.29 is 8.42 Å². The van der Waals surface area contributed by atoms with Crippen LogP contribution in [0.25, 0.3) is 22.2 Å². The fourth-order valence-corrected chi connectivity index (χ4v) is 6.05. The Morgan fingerprint density at radius 1 is 0.794 bits per heavy atom. The first-order valence-corrected chi connectivity index (χ1v) is 13.3. The van der Waals surface area contributed by atoms with Gasteiger partial charge in [0.15, 0.2) is 0 Å². The van der Waals surface area contributed by atoms with Crippen LogP contribution in [-0.2, 0) is 10.0 Å². The van der Waals surface area contributed by atoms with E-state index in [0.717, 1.165) is 33.3 Å². The van der Waals surface area contributed by atoms with Crippen LogP contribution in [-0.4, -0.2) is 18.6 Å². The number of sulfonamides is 1. The lowest BCUT2D eigenvalue weighted by atomic mass is 9.89. The number of anilines is 1. The molecule has 178 valence electrons. The third kappa shape index (κ3) is 4.60. The van der Waals surface area contributed by atoms with Gasteiger partial charge in [-0.15, -0.1) is 0 Å². The molecule has 5 nitrogen and oxygen atoms in total. The second kappa shape index (κ2) is 9.26. The van der Waals surface area contributed by atoms with Crippen LogP contribution in [0, 0.1) is 0 Å². The molecule has 0 saturated carbocycles. The third-order valence-corrected chi connectivity index (χ3v) is 7.72. The van der Waals surface area contributed by atoms with E-state index in [9.17, 15) is 8.42 Å². The van der Waals surface area contributed by atoms with Gasteiger partial charge in [-0.3, -0.25) is 9.82 Å². The highest BCUT2D eigenvalue weighted by molar-refractivity contribution is 7.92. The number of H-pyrrole nitrogens is 1. The standard InChI is InChI=1S/C28H33N3O2S/c1-17(2)21-14-23(18(3)4)28(24(15-21)19(5)6)34(32,33)31-22-12-13-26-25(16-22)27(30-29-26)20-10-8-7-9-11-20/h7-19,31H,1-6H3,(H,29,30). The maximum atomic E-state index is 13.8. The van der Waals surface area contributed by atoms with Crippen LogP contribution in [0.4, 0.5) is 5.69 Å². The van der Waals surface area contributed by atoms with Crippen LogP contribution in [0.1, 0.15) is 76.0 Å². The summed E-state index contributed by atoms with van der Waals surface area (Å²) < 4.78 is 30.5. The molecule has 34 heavy (non-hydrogen) atoms. The van der Waals surface area contributed by atoms with Gasteiger partial charge in [0.2, 0.25) is 0 Å². The fraction of sp³-hybridized carbons (Fsp3) is 0.321. The average Bonchev–Trinajstić information content (AvgIpc) is 3.21. The first-order valence-electron chi connectivity index (χ1n) is 11.8. The number of benzene rings is 3. The Morgan fingerprint density at radius 2 is 1.41 bits per heavy atom. The molecule has 6 heteroatoms. The molecule has 0 unspecified atom stereocenters. The van der Waals surface area contributed by atoms with Gasteiger partial charge >= 0.3 is 0 Å². The van der Waals surface area contributed by atoms with Gasteiger partial charge in [0, 0.05) is 16.6 Å². The summed E-state index contributed by atoms with van der Waals surface area (Å²) in [4.78, 5) is 0.400. The molecular formula is C28H33N3O2S. The largest absolute Gasteiger partial charge is 0.280 e. The molecule has 0 atom stereocenters. The average molecular weight is 476 g/mol. The number of rotatable bonds is 7. The monoisotopic (exact) mass is 475 g/mol. The Hall–Kier alpha value is -3.12. The van der Waals surface area contributed by atoms with Gasteiger partial charge in [0.25, 0.3) is 10.0 Å². The van der Waals surface area contributed by atoms with Crippen molar-refractivity contribution in [3.63, 3.8) is 0 Å². The minimum Gasteiger partial charge on any atom is -0.280 e. The molecule has 2 N–H and O–H groups in total. The number of fused-ring (bicyclic) bond motifs is 1. The Labute approximate surface area is 202 Å². The predicted octanol–water partition coefficient (Wildman–Crippen LogP) is 7.40. The molecule has 0 aliphatic heterocycles. The van der Waals surface area contributed by atoms with E-state index in [-0.39, 0.29) is 11.8 Å². The summed E-state index contributed by atoms with van der Waals surface area (Å²) in [6.45, 7) is 12.5. The highest BCUT2D eigenvalue weighted by Crippen LogP contribution is 2.36. The molecule has 4 aromatic rings. The highest BCUT2D eigenvalue weighted by atomic mass is 32.2. The van der Waals surface area contributed by atoms with Gasteiger partial charge in [-0.25, -0.2) is 8.42 Å². The topological polar surface area (TPSA) is 74.8 Å². The second-order valence-corrected chi connectivity index (χ2v) is 11.4. The van der Waals surface area contributed by atoms with Crippen LogP contribution >= 0.6 is 0 Å². The Balaban J connectivity index is 1.82. The fourth-order valence-electron chi connectivity index (χ4n) is 4.30. The molecule has 0 amide bonds. The Morgan fingerprint density at radius 3 is 1.97 bits per heavy atom. The zero-order chi connectivity index (χ0) is 24.6. The van der Waals surface area contributed by atoms with Gasteiger partial charge < -0.3 is 0 Å². The van der Waals surface area contributed by atoms with Gasteiger partial charge in [0.1, 0.15) is 0 Å². The van der Waals surface area contributed by atoms with E-state index in [1.807, 2.05) is 70.2 Å². The highest BCUT2D eigenvalue weighted by Gasteiger charge is 2.27. The summed E-state index contributed by atoms with van der Waals surface area (Å²) in [5.41, 5.74) is 6.02. The van der Waals surface area contributed by atoms with Crippen molar-refractivity contribution in [3.8, 4) is 11.3 Å². The van der Waals surface area contributed by atoms with E-state index >= 15 is 0 Å². The quantitative estimate of drug-likeness (QED) is 0.292. The van der Waals surface area contributed by atoms with Crippen molar-refractivity contribution in [2.45, 2.75) is 64.2 Å². The molecule has 1 heterocycles. The van der Waals surface area contributed by atoms with E-state index < -0.39 is 10.0 Å². The summed E-state index contributed by atoms with van der Waals surface area (Å²) in [7, 11) is -3.82. The lowest BCUT2D eigenvalue weighted by molar-refractivity contribution is 0.595. The van der Waals surface area contributed by atoms with Crippen molar-refractivity contribution in [3.05, 3.63) is 77.4 Å². The number of aromatic nitrogens is 2. The van der Waals surface area contributed by atoms with Gasteiger partial charge in [0.05, 0.1) is 16.1 Å². The van der Waals surface area contributed by atoms with E-state index in [2.05, 4.69) is 40.9 Å². The van der Waals surface area contributed by atoms with Crippen LogP contribution in [0.15, 0.2) is 65.6 Å². The molecule has 0 spiro atoms. The van der Waals surface area contributed by atoms with E-state index in [0.29, 0.717) is 16.5 Å². The molecule has 0 bridgehead atoms. The lowest BCUT2D eigenvalue weighted by Gasteiger charge is -2.23. The first-order chi connectivity index (χ1) is 16.1. The van der Waals surface area contributed by atoms with Gasteiger partial charge in [-0.2, -0.15) is 5.10 Å². The van der Waals surface area contributed by atoms with Crippen molar-refractivity contribution in [1.29, 1.82) is 0 Å². The molecule has 0 aliphatic carbocycles. The molecule has 3 aromatic carbocycles. The Bertz CT molecular complexity index is 1390. The van der Waals surface area contributed by atoms with Gasteiger partial charge in [-0.05, 0) is 52.6 Å². The SMILES string of the molecule is CC(C)c1cc(C(C)C)c(S(=O)(=O)Nc2ccc3[nH]nc(-c4ccccc4)c3c2)c(C(C)C)c1. The second-order valence-electron chi connectivity index (χ2n) is 9.80. The predicted molar refractivity (Wildman–Crippen MR) is 141 cm³/mol. The van der Waals surface area contributed by atoms with Crippen molar-refractivity contribution in [2.75, 3.05) is 4.72 Å². The Kier molecular flexibility index (Phi) is 6.54. The minimum absolute atomic E-state index is 0.0730. The number of aromatic amines is 1. The summed E-state index contributed by atoms with van der Waals surface area (Å²) in [5.74, 6) is 0.465. The van der Waals surface area contributed by atoms with Crippen LogP contribution in [0.5, 0.6) is 0 Å². The zero-order valence-corrected chi connectivity index (χ0v) is 21.5. The molecular weight excluding hydrogens is 442 g/mol. The summed E-state index contributed by atoms with van der Waals surface area (Å²) in [5, 5.41) is 8.38. The maximum absolute atomic E-state index is 13.8. The van der Waals surface area contributed by atoms with Crippen molar-refractivity contribution >= 4 is 26.6 Å². The first kappa shape index (κ1) is 24.0. The maximum Gasteiger partial charge on any atom is 0.262 e. The molecule has 0 fully saturated rings. The summed E-state index contributed by atoms with van der Waals surface area (Å²) in [6.07, 6.45) is 0. The minimum atomic E-state index is -3.82. The number of hydrogen-bond acceptors (Lipinski definition) is 3. The number of hydrogen-bond donors (Lipinski definition) is 2. The van der Waals surface area contributed by atoms with E-state index in [1.165, 1.54) is 5.56 Å². The van der Waals surface area contributed by atoms with Crippen LogP contribution in [0.2, 0.25) is 0 Å². The number of nitrogens with one attached hydrogen (secondary N) is 2. The summed E-state index contributed by atoms with van der Waals surface area (Å²) in [6, 6.07) is 19.5. The van der Waals surface area contributed by atoms with Crippen LogP contribution in [0.3, 0.4) is 0 Å². The van der Waals surface area contributed by atoms with Crippen molar-refractivity contribution in [2.24, 2.45) is 0 Å². The normalized spacial score (nSPS) is 12.3. The molecule has 4 rings (SSSR count). The van der Waals surface area contributed by atoms with E-state index in [4.69, 9.17) is 0 Å². The lowest BCUT2D eigenvalue weighted by Crippen LogP contribution is -2.19. The smallest absolute Gasteiger partial charge is 0.262 e. The molecule has 0 aliphatic rings. The zero-order valence-electron chi connectivity index (χ0n) is 20.7. The third-order valence-electron chi connectivity index (χ3n) is 6.21. The van der Waals surface area contributed by atoms with Crippen LogP contribution < -0.4 is 4.72 Å². The van der Waals surface area contributed by atoms with E-state index in [1.54, 1.807) is 6.07 Å².